The number of aliphatic hydroxyl groups excluding tert-OH is 1. The van der Waals surface area contributed by atoms with Gasteiger partial charge < -0.3 is 10.2 Å². The molecule has 0 fully saturated rings. The first-order chi connectivity index (χ1) is 7.33. The third kappa shape index (κ3) is 4.73. The lowest BCUT2D eigenvalue weighted by Crippen LogP contribution is -1.80. The number of aromatic hydroxyl groups is 1. The Balaban J connectivity index is 0.000000151. The summed E-state index contributed by atoms with van der Waals surface area (Å²) in [6.07, 6.45) is 6.32. The maximum absolute atomic E-state index is 8.57. The molecule has 0 saturated heterocycles. The smallest absolute Gasteiger partial charge is 0.133 e. The minimum atomic E-state index is 0.0772. The van der Waals surface area contributed by atoms with Crippen LogP contribution in [-0.4, -0.2) is 20.2 Å². The molecule has 4 heteroatoms. The molecule has 2 heterocycles. The number of rotatable bonds is 1. The fourth-order valence-electron chi connectivity index (χ4n) is 0.845. The van der Waals surface area contributed by atoms with Gasteiger partial charge in [-0.2, -0.15) is 0 Å². The zero-order valence-corrected chi connectivity index (χ0v) is 8.11. The molecular formula is C11H12N2O2. The number of aromatic nitrogens is 2. The molecule has 0 amide bonds. The van der Waals surface area contributed by atoms with Gasteiger partial charge in [0, 0.05) is 18.6 Å². The van der Waals surface area contributed by atoms with Crippen molar-refractivity contribution in [3.63, 3.8) is 0 Å². The van der Waals surface area contributed by atoms with Gasteiger partial charge in [0.25, 0.3) is 0 Å². The van der Waals surface area contributed by atoms with Gasteiger partial charge in [-0.05, 0) is 23.8 Å². The monoisotopic (exact) mass is 204 g/mol. The second-order valence-corrected chi connectivity index (χ2v) is 2.73. The zero-order chi connectivity index (χ0) is 10.9. The molecule has 0 unspecified atom stereocenters. The highest BCUT2D eigenvalue weighted by atomic mass is 16.3. The van der Waals surface area contributed by atoms with Crippen molar-refractivity contribution in [3.05, 3.63) is 54.6 Å². The maximum Gasteiger partial charge on any atom is 0.133 e. The molecule has 0 aliphatic carbocycles. The van der Waals surface area contributed by atoms with Crippen molar-refractivity contribution in [1.29, 1.82) is 0 Å². The summed E-state index contributed by atoms with van der Waals surface area (Å²) >= 11 is 0. The summed E-state index contributed by atoms with van der Waals surface area (Å²) in [6.45, 7) is 0.0772. The number of nitrogens with zero attached hydrogens (tertiary/aromatic N) is 2. The molecule has 0 radical (unpaired) electrons. The summed E-state index contributed by atoms with van der Waals surface area (Å²) in [5, 5.41) is 17.1. The Bertz CT molecular complexity index is 365. The summed E-state index contributed by atoms with van der Waals surface area (Å²) in [5.74, 6) is 0.211. The van der Waals surface area contributed by atoms with Crippen molar-refractivity contribution >= 4 is 0 Å². The Hall–Kier alpha value is -1.94. The van der Waals surface area contributed by atoms with Gasteiger partial charge in [0.1, 0.15) is 5.75 Å². The summed E-state index contributed by atoms with van der Waals surface area (Å²) in [4.78, 5) is 7.43. The van der Waals surface area contributed by atoms with E-state index >= 15 is 0 Å². The molecule has 0 saturated carbocycles. The largest absolute Gasteiger partial charge is 0.506 e. The number of hydrogen-bond acceptors (Lipinski definition) is 4. The topological polar surface area (TPSA) is 66.2 Å². The van der Waals surface area contributed by atoms with E-state index in [0.29, 0.717) is 0 Å². The normalized spacial score (nSPS) is 8.87. The van der Waals surface area contributed by atoms with E-state index in [2.05, 4.69) is 9.97 Å². The van der Waals surface area contributed by atoms with Crippen LogP contribution < -0.4 is 0 Å². The van der Waals surface area contributed by atoms with E-state index in [4.69, 9.17) is 10.2 Å². The standard InChI is InChI=1S/C6H7NO.C5H5NO/c8-5-6-2-1-3-7-4-6;7-5-2-1-3-6-4-5/h1-4,8H,5H2;1-4,7H. The molecule has 0 aromatic carbocycles. The fraction of sp³-hybridized carbons (Fsp3) is 0.0909. The molecule has 0 aliphatic heterocycles. The van der Waals surface area contributed by atoms with Crippen molar-refractivity contribution in [2.75, 3.05) is 0 Å². The minimum Gasteiger partial charge on any atom is -0.506 e. The third-order valence-electron chi connectivity index (χ3n) is 1.55. The van der Waals surface area contributed by atoms with Crippen molar-refractivity contribution < 1.29 is 10.2 Å². The molecule has 78 valence electrons. The van der Waals surface area contributed by atoms with Crippen LogP contribution in [-0.2, 0) is 6.61 Å². The zero-order valence-electron chi connectivity index (χ0n) is 8.11. The lowest BCUT2D eigenvalue weighted by molar-refractivity contribution is 0.281. The van der Waals surface area contributed by atoms with Crippen LogP contribution in [0.2, 0.25) is 0 Å². The molecule has 2 aromatic heterocycles. The van der Waals surface area contributed by atoms with E-state index in [0.717, 1.165) is 5.56 Å². The molecular weight excluding hydrogens is 192 g/mol. The van der Waals surface area contributed by atoms with Crippen LogP contribution in [0, 0.1) is 0 Å². The highest BCUT2D eigenvalue weighted by Gasteiger charge is 1.82. The lowest BCUT2D eigenvalue weighted by atomic mass is 10.3. The van der Waals surface area contributed by atoms with E-state index < -0.39 is 0 Å². The van der Waals surface area contributed by atoms with Gasteiger partial charge in [0.2, 0.25) is 0 Å². The fourth-order valence-corrected chi connectivity index (χ4v) is 0.845. The van der Waals surface area contributed by atoms with E-state index in [1.165, 1.54) is 6.20 Å². The SMILES string of the molecule is OCc1cccnc1.Oc1cccnc1. The molecule has 4 nitrogen and oxygen atoms in total. The van der Waals surface area contributed by atoms with Crippen LogP contribution in [0.5, 0.6) is 5.75 Å². The molecule has 0 spiro atoms. The summed E-state index contributed by atoms with van der Waals surface area (Å²) in [5.41, 5.74) is 0.854. The van der Waals surface area contributed by atoms with E-state index in [1.54, 1.807) is 36.8 Å². The van der Waals surface area contributed by atoms with Crippen LogP contribution >= 0.6 is 0 Å². The Morgan fingerprint density at radius 2 is 1.67 bits per heavy atom. The van der Waals surface area contributed by atoms with Crippen LogP contribution in [0.1, 0.15) is 5.56 Å². The average Bonchev–Trinajstić information content (AvgIpc) is 2.32. The molecule has 2 N–H and O–H groups in total. The summed E-state index contributed by atoms with van der Waals surface area (Å²) < 4.78 is 0. The predicted molar refractivity (Wildman–Crippen MR) is 56.1 cm³/mol. The van der Waals surface area contributed by atoms with Crippen molar-refractivity contribution in [2.24, 2.45) is 0 Å². The molecule has 2 rings (SSSR count). The number of aliphatic hydroxyl groups is 1. The summed E-state index contributed by atoms with van der Waals surface area (Å²) in [7, 11) is 0. The Morgan fingerprint density at radius 1 is 1.00 bits per heavy atom. The number of hydrogen-bond donors (Lipinski definition) is 2. The molecule has 0 atom stereocenters. The van der Waals surface area contributed by atoms with Gasteiger partial charge in [-0.15, -0.1) is 0 Å². The molecule has 15 heavy (non-hydrogen) atoms. The Kier molecular flexibility index (Phi) is 4.83. The first-order valence-electron chi connectivity index (χ1n) is 4.41. The van der Waals surface area contributed by atoms with Crippen molar-refractivity contribution in [1.82, 2.24) is 9.97 Å². The van der Waals surface area contributed by atoms with E-state index in [9.17, 15) is 0 Å². The van der Waals surface area contributed by atoms with Gasteiger partial charge in [-0.1, -0.05) is 6.07 Å². The van der Waals surface area contributed by atoms with Gasteiger partial charge in [-0.25, -0.2) is 0 Å². The second-order valence-electron chi connectivity index (χ2n) is 2.73. The Labute approximate surface area is 87.9 Å². The summed E-state index contributed by atoms with van der Waals surface area (Å²) in [6, 6.07) is 6.88. The third-order valence-corrected chi connectivity index (χ3v) is 1.55. The van der Waals surface area contributed by atoms with Crippen molar-refractivity contribution in [3.8, 4) is 5.75 Å². The molecule has 0 aliphatic rings. The van der Waals surface area contributed by atoms with Crippen LogP contribution in [0.4, 0.5) is 0 Å². The highest BCUT2D eigenvalue weighted by molar-refractivity contribution is 5.12. The second kappa shape index (κ2) is 6.50. The predicted octanol–water partition coefficient (Wildman–Crippen LogP) is 1.36. The van der Waals surface area contributed by atoms with Crippen LogP contribution in [0.25, 0.3) is 0 Å². The van der Waals surface area contributed by atoms with Gasteiger partial charge in [-0.3, -0.25) is 9.97 Å². The first-order valence-corrected chi connectivity index (χ1v) is 4.41. The van der Waals surface area contributed by atoms with Gasteiger partial charge in [0.15, 0.2) is 0 Å². The van der Waals surface area contributed by atoms with Crippen molar-refractivity contribution in [2.45, 2.75) is 6.61 Å². The molecule has 2 aromatic rings. The van der Waals surface area contributed by atoms with E-state index in [-0.39, 0.29) is 12.4 Å². The van der Waals surface area contributed by atoms with Gasteiger partial charge >= 0.3 is 0 Å². The quantitative estimate of drug-likeness (QED) is 0.736. The number of pyridine rings is 2. The van der Waals surface area contributed by atoms with E-state index in [1.807, 2.05) is 6.07 Å². The molecule has 0 bridgehead atoms. The lowest BCUT2D eigenvalue weighted by Gasteiger charge is -1.88. The first kappa shape index (κ1) is 11.1. The Morgan fingerprint density at radius 3 is 1.93 bits per heavy atom. The average molecular weight is 204 g/mol. The minimum absolute atomic E-state index is 0.0772. The van der Waals surface area contributed by atoms with Crippen LogP contribution in [0.15, 0.2) is 49.1 Å². The maximum atomic E-state index is 8.57. The highest BCUT2D eigenvalue weighted by Crippen LogP contribution is 1.99. The van der Waals surface area contributed by atoms with Crippen LogP contribution in [0.3, 0.4) is 0 Å². The van der Waals surface area contributed by atoms with Gasteiger partial charge in [0.05, 0.1) is 12.8 Å².